The fourth-order valence-electron chi connectivity index (χ4n) is 3.26. The highest BCUT2D eigenvalue weighted by molar-refractivity contribution is 8.03. The maximum atomic E-state index is 14.6. The number of hydrogen-bond acceptors (Lipinski definition) is 5. The summed E-state index contributed by atoms with van der Waals surface area (Å²) in [5.41, 5.74) is 0.168. The quantitative estimate of drug-likeness (QED) is 0.475. The van der Waals surface area contributed by atoms with Gasteiger partial charge in [-0.2, -0.15) is 0 Å². The molecular weight excluding hydrogens is 449 g/mol. The second-order valence-electron chi connectivity index (χ2n) is 7.69. The summed E-state index contributed by atoms with van der Waals surface area (Å²) in [6.07, 6.45) is 5.74. The van der Waals surface area contributed by atoms with Crippen molar-refractivity contribution in [2.24, 2.45) is 5.92 Å². The molecule has 0 radical (unpaired) electrons. The molecule has 3 rings (SSSR count). The molecule has 0 bridgehead atoms. The van der Waals surface area contributed by atoms with Crippen molar-refractivity contribution in [1.82, 2.24) is 4.98 Å². The number of halogens is 2. The van der Waals surface area contributed by atoms with Crippen LogP contribution in [0.5, 0.6) is 0 Å². The van der Waals surface area contributed by atoms with Gasteiger partial charge in [-0.05, 0) is 50.8 Å². The first kappa shape index (κ1) is 22.8. The van der Waals surface area contributed by atoms with E-state index in [0.29, 0.717) is 21.8 Å². The highest BCUT2D eigenvalue weighted by Gasteiger charge is 2.30. The van der Waals surface area contributed by atoms with Crippen molar-refractivity contribution in [3.05, 3.63) is 35.2 Å². The number of carboxylic acids is 1. The molecule has 2 amide bonds. The number of anilines is 2. The van der Waals surface area contributed by atoms with E-state index >= 15 is 0 Å². The van der Waals surface area contributed by atoms with Crippen LogP contribution in [0.15, 0.2) is 28.6 Å². The summed E-state index contributed by atoms with van der Waals surface area (Å²) in [7, 11) is 0. The molecule has 0 atom stereocenters. The highest BCUT2D eigenvalue weighted by Crippen LogP contribution is 2.38. The van der Waals surface area contributed by atoms with Crippen molar-refractivity contribution in [3.63, 3.8) is 0 Å². The van der Waals surface area contributed by atoms with Gasteiger partial charge in [0.15, 0.2) is 5.13 Å². The van der Waals surface area contributed by atoms with Gasteiger partial charge in [0.05, 0.1) is 16.1 Å². The fraction of sp³-hybridized carbons (Fsp3) is 0.450. The first-order chi connectivity index (χ1) is 14.2. The van der Waals surface area contributed by atoms with Crippen molar-refractivity contribution in [2.45, 2.75) is 48.5 Å². The third kappa shape index (κ3) is 5.65. The number of rotatable bonds is 7. The summed E-state index contributed by atoms with van der Waals surface area (Å²) in [5, 5.41) is 12.6. The molecule has 1 aliphatic carbocycles. The minimum absolute atomic E-state index is 0.168. The van der Waals surface area contributed by atoms with Crippen molar-refractivity contribution < 1.29 is 19.1 Å². The average Bonchev–Trinajstić information content (AvgIpc) is 3.32. The van der Waals surface area contributed by atoms with E-state index in [2.05, 4.69) is 10.3 Å². The number of nitrogens with zero attached hydrogens (tertiary/aromatic N) is 2. The third-order valence-corrected chi connectivity index (χ3v) is 7.36. The Labute approximate surface area is 187 Å². The number of aliphatic carboxylic acids is 1. The van der Waals surface area contributed by atoms with Gasteiger partial charge in [0.2, 0.25) is 0 Å². The smallest absolute Gasteiger partial charge is 0.328 e. The van der Waals surface area contributed by atoms with Gasteiger partial charge in [-0.25, -0.2) is 14.2 Å². The zero-order valence-corrected chi connectivity index (χ0v) is 19.0. The molecule has 1 saturated carbocycles. The number of amides is 2. The molecule has 1 aromatic carbocycles. The second kappa shape index (κ2) is 9.53. The van der Waals surface area contributed by atoms with E-state index in [1.807, 2.05) is 0 Å². The van der Waals surface area contributed by atoms with Gasteiger partial charge in [0.25, 0.3) is 0 Å². The van der Waals surface area contributed by atoms with Crippen molar-refractivity contribution in [2.75, 3.05) is 16.8 Å². The Morgan fingerprint density at radius 2 is 2.10 bits per heavy atom. The Bertz CT molecular complexity index is 932. The Morgan fingerprint density at radius 3 is 2.73 bits per heavy atom. The molecule has 2 aromatic rings. The summed E-state index contributed by atoms with van der Waals surface area (Å²) in [6.45, 7) is 3.61. The number of carbonyl (C=O) groups is 2. The van der Waals surface area contributed by atoms with Crippen LogP contribution in [0.25, 0.3) is 0 Å². The van der Waals surface area contributed by atoms with Crippen LogP contribution in [-0.4, -0.2) is 33.4 Å². The van der Waals surface area contributed by atoms with Gasteiger partial charge in [0, 0.05) is 11.6 Å². The Morgan fingerprint density at radius 1 is 1.40 bits per heavy atom. The zero-order chi connectivity index (χ0) is 21.9. The van der Waals surface area contributed by atoms with Crippen LogP contribution in [0.2, 0.25) is 5.02 Å². The summed E-state index contributed by atoms with van der Waals surface area (Å²) in [6, 6.07) is 3.77. The number of benzene rings is 1. The Kier molecular flexibility index (Phi) is 7.26. The molecular formula is C20H23ClFN3O3S2. The predicted octanol–water partition coefficient (Wildman–Crippen LogP) is 6.12. The minimum atomic E-state index is -1.02. The molecule has 10 heteroatoms. The summed E-state index contributed by atoms with van der Waals surface area (Å²) in [5.74, 6) is -1.19. The monoisotopic (exact) mass is 471 g/mol. The van der Waals surface area contributed by atoms with Gasteiger partial charge in [-0.3, -0.25) is 15.0 Å². The first-order valence-corrected chi connectivity index (χ1v) is 11.6. The molecule has 0 saturated heterocycles. The number of aromatic nitrogens is 1. The molecule has 1 aliphatic rings. The number of urea groups is 1. The molecule has 30 heavy (non-hydrogen) atoms. The van der Waals surface area contributed by atoms with Crippen molar-refractivity contribution >= 4 is 57.5 Å². The number of carboxylic acid groups (broad SMARTS) is 1. The normalized spacial score (nSPS) is 14.7. The maximum absolute atomic E-state index is 14.6. The van der Waals surface area contributed by atoms with Crippen molar-refractivity contribution in [3.8, 4) is 0 Å². The fourth-order valence-corrected chi connectivity index (χ4v) is 5.68. The SMILES string of the molecule is CC(C)(Sc1cnc(NC(=O)N(CC2CCCC2)c2ccc(Cl)cc2F)s1)C(=O)O. The summed E-state index contributed by atoms with van der Waals surface area (Å²) in [4.78, 5) is 29.9. The van der Waals surface area contributed by atoms with Crippen LogP contribution in [0.3, 0.4) is 0 Å². The predicted molar refractivity (Wildman–Crippen MR) is 119 cm³/mol. The first-order valence-electron chi connectivity index (χ1n) is 9.57. The number of nitrogens with one attached hydrogen (secondary N) is 1. The minimum Gasteiger partial charge on any atom is -0.480 e. The molecule has 6 nitrogen and oxygen atoms in total. The number of thiazole rings is 1. The number of thioether (sulfide) groups is 1. The van der Waals surface area contributed by atoms with Gasteiger partial charge >= 0.3 is 12.0 Å². The summed E-state index contributed by atoms with van der Waals surface area (Å²) >= 11 is 8.20. The Balaban J connectivity index is 1.77. The number of carbonyl (C=O) groups excluding carboxylic acids is 1. The third-order valence-electron chi connectivity index (χ3n) is 4.93. The van der Waals surface area contributed by atoms with Gasteiger partial charge < -0.3 is 5.11 Å². The lowest BCUT2D eigenvalue weighted by molar-refractivity contribution is -0.138. The van der Waals surface area contributed by atoms with Crippen LogP contribution < -0.4 is 10.2 Å². The van der Waals surface area contributed by atoms with Gasteiger partial charge in [-0.15, -0.1) is 0 Å². The van der Waals surface area contributed by atoms with E-state index in [1.165, 1.54) is 34.6 Å². The van der Waals surface area contributed by atoms with E-state index < -0.39 is 22.6 Å². The standard InChI is InChI=1S/C20H23ClFN3O3S2/c1-20(2,17(26)27)30-16-10-23-18(29-16)24-19(28)25(11-12-5-3-4-6-12)15-8-7-13(21)9-14(15)22/h7-10,12H,3-6,11H2,1-2H3,(H,26,27)(H,23,24,28). The van der Waals surface area contributed by atoms with E-state index in [-0.39, 0.29) is 10.7 Å². The van der Waals surface area contributed by atoms with E-state index in [9.17, 15) is 19.1 Å². The number of hydrogen-bond donors (Lipinski definition) is 2. The second-order valence-corrected chi connectivity index (χ2v) is 11.1. The van der Waals surface area contributed by atoms with E-state index in [0.717, 1.165) is 37.4 Å². The molecule has 2 N–H and O–H groups in total. The molecule has 1 fully saturated rings. The van der Waals surface area contributed by atoms with Gasteiger partial charge in [0.1, 0.15) is 10.6 Å². The largest absolute Gasteiger partial charge is 0.480 e. The van der Waals surface area contributed by atoms with Crippen LogP contribution in [-0.2, 0) is 4.79 Å². The van der Waals surface area contributed by atoms with E-state index in [4.69, 9.17) is 11.6 Å². The lowest BCUT2D eigenvalue weighted by atomic mass is 10.1. The molecule has 0 unspecified atom stereocenters. The Hall–Kier alpha value is -1.84. The highest BCUT2D eigenvalue weighted by atomic mass is 35.5. The topological polar surface area (TPSA) is 82.5 Å². The van der Waals surface area contributed by atoms with Gasteiger partial charge in [-0.1, -0.05) is 47.5 Å². The summed E-state index contributed by atoms with van der Waals surface area (Å²) < 4.78 is 14.2. The van der Waals surface area contributed by atoms with E-state index in [1.54, 1.807) is 19.9 Å². The van der Waals surface area contributed by atoms with Crippen LogP contribution in [0.4, 0.5) is 20.0 Å². The molecule has 0 spiro atoms. The lowest BCUT2D eigenvalue weighted by Gasteiger charge is -2.26. The van der Waals surface area contributed by atoms with Crippen LogP contribution >= 0.6 is 34.7 Å². The molecule has 162 valence electrons. The lowest BCUT2D eigenvalue weighted by Crippen LogP contribution is -2.38. The average molecular weight is 472 g/mol. The van der Waals surface area contributed by atoms with Crippen molar-refractivity contribution in [1.29, 1.82) is 0 Å². The van der Waals surface area contributed by atoms with Crippen LogP contribution in [0, 0.1) is 11.7 Å². The maximum Gasteiger partial charge on any atom is 0.328 e. The molecule has 1 aromatic heterocycles. The zero-order valence-electron chi connectivity index (χ0n) is 16.7. The molecule has 1 heterocycles. The van der Waals surface area contributed by atoms with Crippen LogP contribution in [0.1, 0.15) is 39.5 Å². The molecule has 0 aliphatic heterocycles.